The standard InChI is InChI=1S/C16H27N3O/c1-11(2)12(3)19(13(4)20)10-14-9-15(17)7-8-16(14)18(5)6/h7-9,11-12H,10,17H2,1-6H3/t12-/m0/s1. The monoisotopic (exact) mass is 277 g/mol. The number of hydrogen-bond acceptors (Lipinski definition) is 3. The zero-order chi connectivity index (χ0) is 15.4. The Kier molecular flexibility index (Phi) is 5.43. The fraction of sp³-hybridized carbons (Fsp3) is 0.562. The molecule has 1 aromatic carbocycles. The summed E-state index contributed by atoms with van der Waals surface area (Å²) in [5, 5.41) is 0. The molecule has 1 amide bonds. The molecule has 4 heteroatoms. The Bertz CT molecular complexity index is 469. The predicted octanol–water partition coefficient (Wildman–Crippen LogP) is 2.73. The van der Waals surface area contributed by atoms with E-state index in [1.54, 1.807) is 6.92 Å². The zero-order valence-corrected chi connectivity index (χ0v) is 13.5. The van der Waals surface area contributed by atoms with Crippen LogP contribution < -0.4 is 10.6 Å². The summed E-state index contributed by atoms with van der Waals surface area (Å²) < 4.78 is 0. The van der Waals surface area contributed by atoms with Crippen molar-refractivity contribution in [1.29, 1.82) is 0 Å². The van der Waals surface area contributed by atoms with Gasteiger partial charge in [0.1, 0.15) is 0 Å². The summed E-state index contributed by atoms with van der Waals surface area (Å²) in [5.41, 5.74) is 8.80. The maximum absolute atomic E-state index is 11.9. The summed E-state index contributed by atoms with van der Waals surface area (Å²) in [6, 6.07) is 6.05. The van der Waals surface area contributed by atoms with Gasteiger partial charge in [0.25, 0.3) is 0 Å². The van der Waals surface area contributed by atoms with Crippen LogP contribution in [-0.2, 0) is 11.3 Å². The van der Waals surface area contributed by atoms with Crippen molar-refractivity contribution < 1.29 is 4.79 Å². The Morgan fingerprint density at radius 3 is 2.30 bits per heavy atom. The van der Waals surface area contributed by atoms with Gasteiger partial charge in [-0.25, -0.2) is 0 Å². The van der Waals surface area contributed by atoms with Gasteiger partial charge in [-0.3, -0.25) is 4.79 Å². The quantitative estimate of drug-likeness (QED) is 0.842. The second-order valence-electron chi connectivity index (χ2n) is 5.91. The maximum Gasteiger partial charge on any atom is 0.219 e. The second-order valence-corrected chi connectivity index (χ2v) is 5.91. The number of anilines is 2. The molecule has 0 aromatic heterocycles. The average molecular weight is 277 g/mol. The number of nitrogen functional groups attached to an aromatic ring is 1. The van der Waals surface area contributed by atoms with E-state index in [9.17, 15) is 4.79 Å². The van der Waals surface area contributed by atoms with Crippen molar-refractivity contribution in [2.24, 2.45) is 5.92 Å². The number of nitrogens with two attached hydrogens (primary N) is 1. The number of hydrogen-bond donors (Lipinski definition) is 1. The highest BCUT2D eigenvalue weighted by molar-refractivity contribution is 5.74. The minimum atomic E-state index is 0.0957. The molecule has 2 N–H and O–H groups in total. The average Bonchev–Trinajstić information content (AvgIpc) is 2.34. The third kappa shape index (κ3) is 3.89. The lowest BCUT2D eigenvalue weighted by Crippen LogP contribution is -2.39. The summed E-state index contributed by atoms with van der Waals surface area (Å²) in [7, 11) is 4.00. The fourth-order valence-electron chi connectivity index (χ4n) is 2.25. The van der Waals surface area contributed by atoms with Crippen LogP contribution in [0.4, 0.5) is 11.4 Å². The number of carbonyl (C=O) groups excluding carboxylic acids is 1. The molecular weight excluding hydrogens is 250 g/mol. The lowest BCUT2D eigenvalue weighted by atomic mass is 10.0. The molecule has 0 aliphatic rings. The van der Waals surface area contributed by atoms with Crippen LogP contribution in [0.25, 0.3) is 0 Å². The van der Waals surface area contributed by atoms with Crippen molar-refractivity contribution in [2.45, 2.75) is 40.3 Å². The molecule has 1 atom stereocenters. The first-order chi connectivity index (χ1) is 9.23. The van der Waals surface area contributed by atoms with E-state index < -0.39 is 0 Å². The van der Waals surface area contributed by atoms with Gasteiger partial charge in [0.05, 0.1) is 0 Å². The first kappa shape index (κ1) is 16.3. The molecule has 0 aliphatic heterocycles. The molecule has 0 unspecified atom stereocenters. The highest BCUT2D eigenvalue weighted by atomic mass is 16.2. The molecule has 0 radical (unpaired) electrons. The van der Waals surface area contributed by atoms with Crippen LogP contribution in [0.15, 0.2) is 18.2 Å². The Morgan fingerprint density at radius 1 is 1.25 bits per heavy atom. The van der Waals surface area contributed by atoms with Gasteiger partial charge in [0.2, 0.25) is 5.91 Å². The van der Waals surface area contributed by atoms with Crippen molar-refractivity contribution >= 4 is 17.3 Å². The lowest BCUT2D eigenvalue weighted by molar-refractivity contribution is -0.132. The van der Waals surface area contributed by atoms with Crippen LogP contribution in [0.3, 0.4) is 0 Å². The topological polar surface area (TPSA) is 49.6 Å². The minimum absolute atomic E-state index is 0.0957. The zero-order valence-electron chi connectivity index (χ0n) is 13.5. The van der Waals surface area contributed by atoms with E-state index in [1.165, 1.54) is 0 Å². The van der Waals surface area contributed by atoms with Crippen molar-refractivity contribution in [3.8, 4) is 0 Å². The molecule has 0 saturated heterocycles. The molecule has 0 spiro atoms. The highest BCUT2D eigenvalue weighted by Crippen LogP contribution is 2.25. The van der Waals surface area contributed by atoms with Crippen molar-refractivity contribution in [2.75, 3.05) is 24.7 Å². The fourth-order valence-corrected chi connectivity index (χ4v) is 2.25. The number of benzene rings is 1. The third-order valence-electron chi connectivity index (χ3n) is 3.79. The molecular formula is C16H27N3O. The van der Waals surface area contributed by atoms with E-state index in [0.717, 1.165) is 16.9 Å². The Labute approximate surface area is 122 Å². The smallest absolute Gasteiger partial charge is 0.219 e. The van der Waals surface area contributed by atoms with Crippen LogP contribution in [-0.4, -0.2) is 30.9 Å². The van der Waals surface area contributed by atoms with Crippen molar-refractivity contribution in [3.63, 3.8) is 0 Å². The van der Waals surface area contributed by atoms with Crippen molar-refractivity contribution in [1.82, 2.24) is 4.90 Å². The highest BCUT2D eigenvalue weighted by Gasteiger charge is 2.21. The van der Waals surface area contributed by atoms with E-state index in [2.05, 4.69) is 20.8 Å². The van der Waals surface area contributed by atoms with Gasteiger partial charge < -0.3 is 15.5 Å². The van der Waals surface area contributed by atoms with Crippen LogP contribution in [0.1, 0.15) is 33.3 Å². The number of rotatable bonds is 5. The molecule has 0 fully saturated rings. The Balaban J connectivity index is 3.11. The largest absolute Gasteiger partial charge is 0.399 e. The Morgan fingerprint density at radius 2 is 1.85 bits per heavy atom. The van der Waals surface area contributed by atoms with Crippen LogP contribution in [0.5, 0.6) is 0 Å². The third-order valence-corrected chi connectivity index (χ3v) is 3.79. The maximum atomic E-state index is 11.9. The molecule has 0 saturated carbocycles. The molecule has 1 rings (SSSR count). The van der Waals surface area contributed by atoms with Gasteiger partial charge in [-0.1, -0.05) is 13.8 Å². The summed E-state index contributed by atoms with van der Waals surface area (Å²) in [6.45, 7) is 8.57. The molecule has 4 nitrogen and oxygen atoms in total. The normalized spacial score (nSPS) is 12.3. The molecule has 112 valence electrons. The number of nitrogens with zero attached hydrogens (tertiary/aromatic N) is 2. The molecule has 1 aromatic rings. The van der Waals surface area contributed by atoms with Gasteiger partial charge in [0, 0.05) is 45.0 Å². The van der Waals surface area contributed by atoms with E-state index in [4.69, 9.17) is 5.73 Å². The van der Waals surface area contributed by atoms with Crippen molar-refractivity contribution in [3.05, 3.63) is 23.8 Å². The Hall–Kier alpha value is -1.71. The van der Waals surface area contributed by atoms with E-state index in [1.807, 2.05) is 42.1 Å². The summed E-state index contributed by atoms with van der Waals surface area (Å²) in [6.07, 6.45) is 0. The van der Waals surface area contributed by atoms with Gasteiger partial charge in [0.15, 0.2) is 0 Å². The van der Waals surface area contributed by atoms with Gasteiger partial charge in [-0.2, -0.15) is 0 Å². The van der Waals surface area contributed by atoms with E-state index in [-0.39, 0.29) is 11.9 Å². The molecule has 20 heavy (non-hydrogen) atoms. The summed E-state index contributed by atoms with van der Waals surface area (Å²) in [5.74, 6) is 0.515. The SMILES string of the molecule is CC(=O)N(Cc1cc(N)ccc1N(C)C)[C@@H](C)C(C)C. The van der Waals surface area contributed by atoms with Gasteiger partial charge in [-0.05, 0) is 36.6 Å². The van der Waals surface area contributed by atoms with Gasteiger partial charge in [-0.15, -0.1) is 0 Å². The van der Waals surface area contributed by atoms with Crippen LogP contribution >= 0.6 is 0 Å². The predicted molar refractivity (Wildman–Crippen MR) is 85.7 cm³/mol. The second kappa shape index (κ2) is 6.64. The molecule has 0 bridgehead atoms. The van der Waals surface area contributed by atoms with Gasteiger partial charge >= 0.3 is 0 Å². The molecule has 0 heterocycles. The lowest BCUT2D eigenvalue weighted by Gasteiger charge is -2.32. The first-order valence-electron chi connectivity index (χ1n) is 7.07. The van der Waals surface area contributed by atoms with E-state index >= 15 is 0 Å². The first-order valence-corrected chi connectivity index (χ1v) is 7.07. The van der Waals surface area contributed by atoms with Crippen LogP contribution in [0, 0.1) is 5.92 Å². The number of amides is 1. The summed E-state index contributed by atoms with van der Waals surface area (Å²) in [4.78, 5) is 15.9. The van der Waals surface area contributed by atoms with E-state index in [0.29, 0.717) is 12.5 Å². The van der Waals surface area contributed by atoms with Crippen LogP contribution in [0.2, 0.25) is 0 Å². The minimum Gasteiger partial charge on any atom is -0.399 e. The summed E-state index contributed by atoms with van der Waals surface area (Å²) >= 11 is 0. The number of carbonyl (C=O) groups is 1. The molecule has 0 aliphatic carbocycles.